The highest BCUT2D eigenvalue weighted by atomic mass is 32.2. The van der Waals surface area contributed by atoms with Crippen LogP contribution in [0.15, 0.2) is 83.8 Å². The maximum Gasteiger partial charge on any atom is 0.255 e. The molecule has 0 unspecified atom stereocenters. The van der Waals surface area contributed by atoms with E-state index in [9.17, 15) is 13.2 Å². The van der Waals surface area contributed by atoms with Crippen LogP contribution >= 0.6 is 0 Å². The van der Waals surface area contributed by atoms with E-state index in [2.05, 4.69) is 5.32 Å². The number of methoxy groups -OCH3 is 1. The van der Waals surface area contributed by atoms with Gasteiger partial charge in [-0.05, 0) is 48.0 Å². The Balaban J connectivity index is 1.71. The lowest BCUT2D eigenvalue weighted by molar-refractivity contribution is 0.102. The molecule has 0 heterocycles. The molecular weight excluding hydrogens is 388 g/mol. The van der Waals surface area contributed by atoms with Gasteiger partial charge in [-0.3, -0.25) is 4.79 Å². The third-order valence-corrected chi connectivity index (χ3v) is 6.22. The molecule has 3 aromatic carbocycles. The van der Waals surface area contributed by atoms with Gasteiger partial charge in [0.1, 0.15) is 5.75 Å². The number of benzene rings is 3. The van der Waals surface area contributed by atoms with Crippen LogP contribution in [0.5, 0.6) is 5.75 Å². The molecule has 0 saturated carbocycles. The zero-order valence-corrected chi connectivity index (χ0v) is 17.0. The number of ether oxygens (including phenoxy) is 1. The Kier molecular flexibility index (Phi) is 6.31. The third-order valence-electron chi connectivity index (χ3n) is 4.40. The summed E-state index contributed by atoms with van der Waals surface area (Å²) in [5.74, 6) is 0.279. The predicted molar refractivity (Wildman–Crippen MR) is 112 cm³/mol. The molecule has 0 bridgehead atoms. The van der Waals surface area contributed by atoms with Crippen LogP contribution in [0.2, 0.25) is 0 Å². The molecule has 3 rings (SSSR count). The summed E-state index contributed by atoms with van der Waals surface area (Å²) in [5.41, 5.74) is 1.85. The molecule has 0 spiro atoms. The van der Waals surface area contributed by atoms with E-state index in [-0.39, 0.29) is 17.3 Å². The number of amides is 1. The first-order valence-corrected chi connectivity index (χ1v) is 10.4. The summed E-state index contributed by atoms with van der Waals surface area (Å²) in [6, 6.07) is 22.3. The highest BCUT2D eigenvalue weighted by Crippen LogP contribution is 2.20. The van der Waals surface area contributed by atoms with E-state index in [4.69, 9.17) is 4.74 Å². The van der Waals surface area contributed by atoms with E-state index in [1.807, 2.05) is 30.3 Å². The first kappa shape index (κ1) is 20.6. The van der Waals surface area contributed by atoms with Crippen molar-refractivity contribution in [3.05, 3.63) is 90.0 Å². The number of hydrogen-bond acceptors (Lipinski definition) is 4. The molecular formula is C22H22N2O4S. The molecule has 0 fully saturated rings. The third kappa shape index (κ3) is 5.01. The minimum atomic E-state index is -3.64. The SMILES string of the molecule is COc1cccc(C(=O)Nc2ccc(S(=O)(=O)N(C)Cc3ccccc3)cc2)c1. The topological polar surface area (TPSA) is 75.7 Å². The predicted octanol–water partition coefficient (Wildman–Crippen LogP) is 3.77. The van der Waals surface area contributed by atoms with Gasteiger partial charge in [-0.15, -0.1) is 0 Å². The Morgan fingerprint density at radius 3 is 2.31 bits per heavy atom. The van der Waals surface area contributed by atoms with Gasteiger partial charge in [0.15, 0.2) is 0 Å². The first-order chi connectivity index (χ1) is 13.9. The van der Waals surface area contributed by atoms with Gasteiger partial charge in [-0.1, -0.05) is 36.4 Å². The van der Waals surface area contributed by atoms with Crippen LogP contribution in [-0.2, 0) is 16.6 Å². The molecule has 6 nitrogen and oxygen atoms in total. The van der Waals surface area contributed by atoms with Gasteiger partial charge in [-0.2, -0.15) is 4.31 Å². The smallest absolute Gasteiger partial charge is 0.255 e. The number of anilines is 1. The molecule has 7 heteroatoms. The lowest BCUT2D eigenvalue weighted by atomic mass is 10.2. The van der Waals surface area contributed by atoms with Crippen LogP contribution in [0.4, 0.5) is 5.69 Å². The van der Waals surface area contributed by atoms with Crippen molar-refractivity contribution >= 4 is 21.6 Å². The fraction of sp³-hybridized carbons (Fsp3) is 0.136. The number of carbonyl (C=O) groups excluding carboxylic acids is 1. The summed E-state index contributed by atoms with van der Waals surface area (Å²) in [5, 5.41) is 2.75. The number of sulfonamides is 1. The van der Waals surface area contributed by atoms with E-state index in [1.54, 1.807) is 43.4 Å². The Morgan fingerprint density at radius 1 is 0.966 bits per heavy atom. The fourth-order valence-electron chi connectivity index (χ4n) is 2.78. The van der Waals surface area contributed by atoms with Crippen molar-refractivity contribution < 1.29 is 17.9 Å². The Morgan fingerprint density at radius 2 is 1.66 bits per heavy atom. The molecule has 1 N–H and O–H groups in total. The summed E-state index contributed by atoms with van der Waals surface area (Å²) in [6.07, 6.45) is 0. The summed E-state index contributed by atoms with van der Waals surface area (Å²) >= 11 is 0. The van der Waals surface area contributed by atoms with Crippen molar-refractivity contribution in [2.75, 3.05) is 19.5 Å². The van der Waals surface area contributed by atoms with Gasteiger partial charge < -0.3 is 10.1 Å². The molecule has 0 aliphatic rings. The number of carbonyl (C=O) groups is 1. The summed E-state index contributed by atoms with van der Waals surface area (Å²) in [6.45, 7) is 0.275. The molecule has 0 saturated heterocycles. The lowest BCUT2D eigenvalue weighted by Crippen LogP contribution is -2.26. The van der Waals surface area contributed by atoms with Crippen LogP contribution in [0, 0.1) is 0 Å². The molecule has 0 aliphatic heterocycles. The average Bonchev–Trinajstić information content (AvgIpc) is 2.75. The van der Waals surface area contributed by atoms with Gasteiger partial charge in [0.25, 0.3) is 5.91 Å². The van der Waals surface area contributed by atoms with Gasteiger partial charge in [0.2, 0.25) is 10.0 Å². The maximum absolute atomic E-state index is 12.8. The Hall–Kier alpha value is -3.16. The molecule has 3 aromatic rings. The van der Waals surface area contributed by atoms with Crippen LogP contribution < -0.4 is 10.1 Å². The van der Waals surface area contributed by atoms with E-state index in [1.165, 1.54) is 23.5 Å². The van der Waals surface area contributed by atoms with Gasteiger partial charge in [-0.25, -0.2) is 8.42 Å². The van der Waals surface area contributed by atoms with Crippen molar-refractivity contribution in [1.82, 2.24) is 4.31 Å². The number of nitrogens with one attached hydrogen (secondary N) is 1. The molecule has 0 aromatic heterocycles. The minimum absolute atomic E-state index is 0.162. The van der Waals surface area contributed by atoms with Crippen molar-refractivity contribution in [2.45, 2.75) is 11.4 Å². The van der Waals surface area contributed by atoms with Crippen LogP contribution in [0.25, 0.3) is 0 Å². The molecule has 0 atom stereocenters. The molecule has 0 aliphatic carbocycles. The summed E-state index contributed by atoms with van der Waals surface area (Å²) < 4.78 is 32.0. The van der Waals surface area contributed by atoms with Crippen LogP contribution in [0.3, 0.4) is 0 Å². The van der Waals surface area contributed by atoms with E-state index in [0.717, 1.165) is 5.56 Å². The number of hydrogen-bond donors (Lipinski definition) is 1. The zero-order valence-electron chi connectivity index (χ0n) is 16.2. The van der Waals surface area contributed by atoms with Crippen molar-refractivity contribution in [3.63, 3.8) is 0 Å². The first-order valence-electron chi connectivity index (χ1n) is 8.96. The van der Waals surface area contributed by atoms with Crippen molar-refractivity contribution in [3.8, 4) is 5.75 Å². The molecule has 0 radical (unpaired) electrons. The van der Waals surface area contributed by atoms with E-state index < -0.39 is 10.0 Å². The van der Waals surface area contributed by atoms with E-state index >= 15 is 0 Å². The van der Waals surface area contributed by atoms with Crippen LogP contribution in [0.1, 0.15) is 15.9 Å². The largest absolute Gasteiger partial charge is 0.497 e. The highest BCUT2D eigenvalue weighted by molar-refractivity contribution is 7.89. The fourth-order valence-corrected chi connectivity index (χ4v) is 3.94. The second-order valence-corrected chi connectivity index (χ2v) is 8.50. The average molecular weight is 410 g/mol. The normalized spacial score (nSPS) is 11.3. The van der Waals surface area contributed by atoms with E-state index in [0.29, 0.717) is 17.0 Å². The number of nitrogens with zero attached hydrogens (tertiary/aromatic N) is 1. The highest BCUT2D eigenvalue weighted by Gasteiger charge is 2.21. The minimum Gasteiger partial charge on any atom is -0.497 e. The second-order valence-electron chi connectivity index (χ2n) is 6.46. The molecule has 150 valence electrons. The summed E-state index contributed by atoms with van der Waals surface area (Å²) in [7, 11) is -0.564. The molecule has 29 heavy (non-hydrogen) atoms. The quantitative estimate of drug-likeness (QED) is 0.643. The van der Waals surface area contributed by atoms with Crippen LogP contribution in [-0.4, -0.2) is 32.8 Å². The van der Waals surface area contributed by atoms with Crippen molar-refractivity contribution in [2.24, 2.45) is 0 Å². The standard InChI is InChI=1S/C22H22N2O4S/c1-24(16-17-7-4-3-5-8-17)29(26,27)21-13-11-19(12-14-21)23-22(25)18-9-6-10-20(15-18)28-2/h3-15H,16H2,1-2H3,(H,23,25). The zero-order chi connectivity index (χ0) is 20.9. The monoisotopic (exact) mass is 410 g/mol. The lowest BCUT2D eigenvalue weighted by Gasteiger charge is -2.17. The second kappa shape index (κ2) is 8.89. The van der Waals surface area contributed by atoms with Gasteiger partial charge in [0, 0.05) is 24.8 Å². The maximum atomic E-state index is 12.8. The summed E-state index contributed by atoms with van der Waals surface area (Å²) in [4.78, 5) is 12.5. The van der Waals surface area contributed by atoms with Crippen molar-refractivity contribution in [1.29, 1.82) is 0 Å². The van der Waals surface area contributed by atoms with Gasteiger partial charge >= 0.3 is 0 Å². The molecule has 1 amide bonds. The Bertz CT molecular complexity index is 1080. The van der Waals surface area contributed by atoms with Gasteiger partial charge in [0.05, 0.1) is 12.0 Å². The number of rotatable bonds is 7. The Labute approximate surface area is 170 Å².